The lowest BCUT2D eigenvalue weighted by Crippen LogP contribution is -2.43. The number of nitrogens with one attached hydrogen (secondary N) is 1. The van der Waals surface area contributed by atoms with Gasteiger partial charge >= 0.3 is 0 Å². The maximum absolute atomic E-state index is 12.4. The molecule has 0 bridgehead atoms. The summed E-state index contributed by atoms with van der Waals surface area (Å²) in [5, 5.41) is 0. The molecule has 25 heavy (non-hydrogen) atoms. The van der Waals surface area contributed by atoms with E-state index < -0.39 is 10.0 Å². The zero-order valence-corrected chi connectivity index (χ0v) is 15.3. The van der Waals surface area contributed by atoms with Gasteiger partial charge in [-0.3, -0.25) is 4.79 Å². The molecule has 0 unspecified atom stereocenters. The van der Waals surface area contributed by atoms with Crippen molar-refractivity contribution in [1.29, 1.82) is 0 Å². The Bertz CT molecular complexity index is 700. The van der Waals surface area contributed by atoms with Crippen molar-refractivity contribution in [2.45, 2.75) is 30.2 Å². The summed E-state index contributed by atoms with van der Waals surface area (Å²) in [5.41, 5.74) is 5.81. The van der Waals surface area contributed by atoms with Crippen molar-refractivity contribution in [1.82, 2.24) is 9.62 Å². The third-order valence-electron chi connectivity index (χ3n) is 4.19. The topological polar surface area (TPSA) is 111 Å². The Kier molecular flexibility index (Phi) is 6.63. The molecule has 1 aromatic rings. The number of carbonyl (C=O) groups is 1. The van der Waals surface area contributed by atoms with E-state index in [1.54, 1.807) is 4.90 Å². The SMILES string of the molecule is COc1ccc(S(=O)(=O)NCCC(=O)N2CCC(N)CC2)cc1OC. The minimum absolute atomic E-state index is 0.0397. The van der Waals surface area contributed by atoms with Crippen LogP contribution in [0, 0.1) is 0 Å². The average molecular weight is 371 g/mol. The predicted octanol–water partition coefficient (Wildman–Crippen LogP) is 0.322. The standard InChI is InChI=1S/C16H25N3O5S/c1-23-14-4-3-13(11-15(14)24-2)25(21,22)18-8-5-16(20)19-9-6-12(17)7-10-19/h3-4,11-12,18H,5-10,17H2,1-2H3. The molecule has 3 N–H and O–H groups in total. The van der Waals surface area contributed by atoms with Gasteiger partial charge in [-0.1, -0.05) is 0 Å². The Balaban J connectivity index is 1.92. The van der Waals surface area contributed by atoms with E-state index >= 15 is 0 Å². The lowest BCUT2D eigenvalue weighted by molar-refractivity contribution is -0.132. The number of carbonyl (C=O) groups excluding carboxylic acids is 1. The number of hydrogen-bond acceptors (Lipinski definition) is 6. The van der Waals surface area contributed by atoms with Crippen LogP contribution in [0.3, 0.4) is 0 Å². The van der Waals surface area contributed by atoms with Crippen LogP contribution in [0.5, 0.6) is 11.5 Å². The van der Waals surface area contributed by atoms with Gasteiger partial charge in [0.2, 0.25) is 15.9 Å². The van der Waals surface area contributed by atoms with Gasteiger partial charge < -0.3 is 20.1 Å². The first kappa shape index (κ1) is 19.5. The second-order valence-electron chi connectivity index (χ2n) is 5.88. The number of ether oxygens (including phenoxy) is 2. The van der Waals surface area contributed by atoms with Crippen LogP contribution in [-0.4, -0.2) is 59.1 Å². The number of likely N-dealkylation sites (tertiary alicyclic amines) is 1. The quantitative estimate of drug-likeness (QED) is 0.714. The second-order valence-corrected chi connectivity index (χ2v) is 7.65. The molecule has 0 radical (unpaired) electrons. The Morgan fingerprint density at radius 3 is 2.48 bits per heavy atom. The van der Waals surface area contributed by atoms with E-state index in [0.717, 1.165) is 12.8 Å². The summed E-state index contributed by atoms with van der Waals surface area (Å²) < 4.78 is 37.4. The Labute approximate surface area is 148 Å². The summed E-state index contributed by atoms with van der Waals surface area (Å²) in [4.78, 5) is 13.9. The highest BCUT2D eigenvalue weighted by molar-refractivity contribution is 7.89. The number of piperidine rings is 1. The number of benzene rings is 1. The Morgan fingerprint density at radius 1 is 1.24 bits per heavy atom. The molecule has 1 saturated heterocycles. The molecule has 1 aliphatic heterocycles. The third-order valence-corrected chi connectivity index (χ3v) is 5.65. The van der Waals surface area contributed by atoms with E-state index in [1.165, 1.54) is 32.4 Å². The lowest BCUT2D eigenvalue weighted by Gasteiger charge is -2.30. The number of nitrogens with two attached hydrogens (primary N) is 1. The number of methoxy groups -OCH3 is 2. The van der Waals surface area contributed by atoms with Crippen molar-refractivity contribution in [2.24, 2.45) is 5.73 Å². The van der Waals surface area contributed by atoms with Crippen molar-refractivity contribution < 1.29 is 22.7 Å². The highest BCUT2D eigenvalue weighted by Gasteiger charge is 2.21. The fraction of sp³-hybridized carbons (Fsp3) is 0.562. The van der Waals surface area contributed by atoms with Crippen LogP contribution in [0.4, 0.5) is 0 Å². The van der Waals surface area contributed by atoms with Crippen LogP contribution in [0.15, 0.2) is 23.1 Å². The molecule has 1 heterocycles. The summed E-state index contributed by atoms with van der Waals surface area (Å²) in [6.45, 7) is 1.29. The minimum atomic E-state index is -3.73. The summed E-state index contributed by atoms with van der Waals surface area (Å²) in [5.74, 6) is 0.702. The summed E-state index contributed by atoms with van der Waals surface area (Å²) >= 11 is 0. The minimum Gasteiger partial charge on any atom is -0.493 e. The van der Waals surface area contributed by atoms with Crippen molar-refractivity contribution in [2.75, 3.05) is 33.9 Å². The van der Waals surface area contributed by atoms with E-state index in [1.807, 2.05) is 0 Å². The molecule has 0 saturated carbocycles. The number of sulfonamides is 1. The number of rotatable bonds is 7. The van der Waals surface area contributed by atoms with Crippen LogP contribution >= 0.6 is 0 Å². The van der Waals surface area contributed by atoms with Crippen molar-refractivity contribution in [3.8, 4) is 11.5 Å². The van der Waals surface area contributed by atoms with Gasteiger partial charge in [0.15, 0.2) is 11.5 Å². The Morgan fingerprint density at radius 2 is 1.88 bits per heavy atom. The van der Waals surface area contributed by atoms with Gasteiger partial charge in [0, 0.05) is 38.2 Å². The molecule has 0 spiro atoms. The number of amides is 1. The van der Waals surface area contributed by atoms with E-state index in [2.05, 4.69) is 4.72 Å². The van der Waals surface area contributed by atoms with Crippen LogP contribution < -0.4 is 19.9 Å². The monoisotopic (exact) mass is 371 g/mol. The maximum Gasteiger partial charge on any atom is 0.240 e. The highest BCUT2D eigenvalue weighted by atomic mass is 32.2. The van der Waals surface area contributed by atoms with Gasteiger partial charge in [0.25, 0.3) is 0 Å². The van der Waals surface area contributed by atoms with E-state index in [0.29, 0.717) is 24.6 Å². The number of nitrogens with zero attached hydrogens (tertiary/aromatic N) is 1. The van der Waals surface area contributed by atoms with E-state index in [9.17, 15) is 13.2 Å². The molecular weight excluding hydrogens is 346 g/mol. The molecule has 0 aromatic heterocycles. The molecule has 8 nitrogen and oxygen atoms in total. The third kappa shape index (κ3) is 5.07. The van der Waals surface area contributed by atoms with Gasteiger partial charge in [-0.25, -0.2) is 13.1 Å². The normalized spacial score (nSPS) is 15.9. The molecule has 0 aliphatic carbocycles. The van der Waals surface area contributed by atoms with E-state index in [4.69, 9.17) is 15.2 Å². The molecular formula is C16H25N3O5S. The highest BCUT2D eigenvalue weighted by Crippen LogP contribution is 2.29. The van der Waals surface area contributed by atoms with Crippen LogP contribution in [0.1, 0.15) is 19.3 Å². The zero-order chi connectivity index (χ0) is 18.4. The second kappa shape index (κ2) is 8.50. The van der Waals surface area contributed by atoms with Gasteiger partial charge in [0.05, 0.1) is 19.1 Å². The molecule has 1 aliphatic rings. The van der Waals surface area contributed by atoms with Gasteiger partial charge in [0.1, 0.15) is 0 Å². The largest absolute Gasteiger partial charge is 0.493 e. The summed E-state index contributed by atoms with van der Waals surface area (Å²) in [6, 6.07) is 4.48. The average Bonchev–Trinajstić information content (AvgIpc) is 2.61. The molecule has 2 rings (SSSR count). The van der Waals surface area contributed by atoms with Crippen LogP contribution in [-0.2, 0) is 14.8 Å². The summed E-state index contributed by atoms with van der Waals surface area (Å²) in [7, 11) is -0.818. The molecule has 1 fully saturated rings. The molecule has 1 aromatic carbocycles. The Hall–Kier alpha value is -1.84. The van der Waals surface area contributed by atoms with Gasteiger partial charge in [-0.15, -0.1) is 0 Å². The van der Waals surface area contributed by atoms with Crippen molar-refractivity contribution >= 4 is 15.9 Å². The molecule has 0 atom stereocenters. The molecule has 9 heteroatoms. The smallest absolute Gasteiger partial charge is 0.240 e. The maximum atomic E-state index is 12.4. The van der Waals surface area contributed by atoms with E-state index in [-0.39, 0.29) is 29.8 Å². The van der Waals surface area contributed by atoms with Gasteiger partial charge in [-0.05, 0) is 25.0 Å². The van der Waals surface area contributed by atoms with Crippen LogP contribution in [0.25, 0.3) is 0 Å². The molecule has 1 amide bonds. The number of hydrogen-bond donors (Lipinski definition) is 2. The fourth-order valence-corrected chi connectivity index (χ4v) is 3.71. The fourth-order valence-electron chi connectivity index (χ4n) is 2.67. The van der Waals surface area contributed by atoms with Crippen molar-refractivity contribution in [3.63, 3.8) is 0 Å². The van der Waals surface area contributed by atoms with Gasteiger partial charge in [-0.2, -0.15) is 0 Å². The first-order valence-electron chi connectivity index (χ1n) is 8.12. The lowest BCUT2D eigenvalue weighted by atomic mass is 10.1. The zero-order valence-electron chi connectivity index (χ0n) is 14.5. The predicted molar refractivity (Wildman–Crippen MR) is 93.1 cm³/mol. The van der Waals surface area contributed by atoms with Crippen molar-refractivity contribution in [3.05, 3.63) is 18.2 Å². The first-order valence-corrected chi connectivity index (χ1v) is 9.60. The molecule has 140 valence electrons. The summed E-state index contributed by atoms with van der Waals surface area (Å²) in [6.07, 6.45) is 1.67. The first-order chi connectivity index (χ1) is 11.9. The van der Waals surface area contributed by atoms with Crippen LogP contribution in [0.2, 0.25) is 0 Å².